The third-order valence-corrected chi connectivity index (χ3v) is 5.68. The van der Waals surface area contributed by atoms with E-state index in [9.17, 15) is 4.79 Å². The molecule has 0 radical (unpaired) electrons. The van der Waals surface area contributed by atoms with Crippen molar-refractivity contribution >= 4 is 50.6 Å². The molecule has 0 fully saturated rings. The molecule has 27 heavy (non-hydrogen) atoms. The lowest BCUT2D eigenvalue weighted by atomic mass is 10.1. The van der Waals surface area contributed by atoms with Gasteiger partial charge in [-0.05, 0) is 72.3 Å². The van der Waals surface area contributed by atoms with E-state index in [-0.39, 0.29) is 5.91 Å². The molecule has 4 nitrogen and oxygen atoms in total. The first kappa shape index (κ1) is 19.8. The van der Waals surface area contributed by atoms with Gasteiger partial charge in [-0.1, -0.05) is 40.2 Å². The highest BCUT2D eigenvalue weighted by Crippen LogP contribution is 2.23. The van der Waals surface area contributed by atoms with E-state index in [0.29, 0.717) is 6.42 Å². The summed E-state index contributed by atoms with van der Waals surface area (Å²) in [5.41, 5.74) is 7.89. The first-order chi connectivity index (χ1) is 13.0. The van der Waals surface area contributed by atoms with Gasteiger partial charge in [0.25, 0.3) is 0 Å². The fourth-order valence-electron chi connectivity index (χ4n) is 2.92. The van der Waals surface area contributed by atoms with Gasteiger partial charge in [0.15, 0.2) is 0 Å². The highest BCUT2D eigenvalue weighted by Gasteiger charge is 2.11. The average molecular weight is 536 g/mol. The Hall–Kier alpha value is -1.93. The van der Waals surface area contributed by atoms with Gasteiger partial charge in [-0.25, -0.2) is 5.43 Å². The number of carbonyl (C=O) groups is 1. The van der Waals surface area contributed by atoms with Gasteiger partial charge in [-0.2, -0.15) is 5.10 Å². The number of hydrogen-bond donors (Lipinski definition) is 1. The Morgan fingerprint density at radius 3 is 2.59 bits per heavy atom. The molecule has 1 aromatic heterocycles. The molecule has 0 spiro atoms. The van der Waals surface area contributed by atoms with Crippen molar-refractivity contribution in [2.24, 2.45) is 5.10 Å². The van der Waals surface area contributed by atoms with Crippen molar-refractivity contribution in [2.75, 3.05) is 0 Å². The largest absolute Gasteiger partial charge is 0.317 e. The van der Waals surface area contributed by atoms with Gasteiger partial charge in [0, 0.05) is 25.0 Å². The summed E-state index contributed by atoms with van der Waals surface area (Å²) in [6.07, 6.45) is 2.00. The second kappa shape index (κ2) is 8.84. The Labute approximate surface area is 180 Å². The predicted molar refractivity (Wildman–Crippen MR) is 122 cm³/mol. The average Bonchev–Trinajstić information content (AvgIpc) is 2.91. The highest BCUT2D eigenvalue weighted by molar-refractivity contribution is 14.1. The number of nitrogens with one attached hydrogen (secondary N) is 1. The van der Waals surface area contributed by atoms with Gasteiger partial charge in [0.2, 0.25) is 5.91 Å². The summed E-state index contributed by atoms with van der Waals surface area (Å²) in [5.74, 6) is -0.139. The molecule has 0 unspecified atom stereocenters. The van der Waals surface area contributed by atoms with Crippen molar-refractivity contribution in [1.29, 1.82) is 0 Å². The van der Waals surface area contributed by atoms with E-state index in [2.05, 4.69) is 85.7 Å². The van der Waals surface area contributed by atoms with E-state index in [1.165, 1.54) is 3.57 Å². The molecule has 0 bridgehead atoms. The van der Waals surface area contributed by atoms with E-state index < -0.39 is 0 Å². The Morgan fingerprint density at radius 1 is 1.19 bits per heavy atom. The van der Waals surface area contributed by atoms with Crippen LogP contribution in [0.15, 0.2) is 64.2 Å². The normalized spacial score (nSPS) is 11.1. The van der Waals surface area contributed by atoms with Crippen LogP contribution >= 0.6 is 38.5 Å². The maximum absolute atomic E-state index is 12.1. The summed E-state index contributed by atoms with van der Waals surface area (Å²) < 4.78 is 4.38. The monoisotopic (exact) mass is 535 g/mol. The smallest absolute Gasteiger partial charge is 0.244 e. The van der Waals surface area contributed by atoms with Crippen LogP contribution in [0.25, 0.3) is 5.69 Å². The van der Waals surface area contributed by atoms with Crippen LogP contribution < -0.4 is 5.43 Å². The van der Waals surface area contributed by atoms with E-state index >= 15 is 0 Å². The van der Waals surface area contributed by atoms with Crippen molar-refractivity contribution in [2.45, 2.75) is 20.3 Å². The van der Waals surface area contributed by atoms with Crippen LogP contribution in [0.5, 0.6) is 0 Å². The zero-order valence-electron chi connectivity index (χ0n) is 15.0. The molecule has 0 saturated carbocycles. The minimum Gasteiger partial charge on any atom is -0.317 e. The lowest BCUT2D eigenvalue weighted by Gasteiger charge is -2.11. The Bertz CT molecular complexity index is 993. The molecule has 0 aliphatic carbocycles. The number of hydrazone groups is 1. The standard InChI is InChI=1S/C21H19BrIN3O/c1-14-11-17(15(2)26(14)20-6-4-3-5-19(20)23)13-24-25-21(27)12-16-7-9-18(22)10-8-16/h3-11,13H,12H2,1-2H3,(H,25,27)/b24-13+. The Morgan fingerprint density at radius 2 is 1.89 bits per heavy atom. The van der Waals surface area contributed by atoms with E-state index in [4.69, 9.17) is 0 Å². The van der Waals surface area contributed by atoms with Crippen molar-refractivity contribution in [3.63, 3.8) is 0 Å². The van der Waals surface area contributed by atoms with Gasteiger partial charge in [-0.15, -0.1) is 0 Å². The fraction of sp³-hybridized carbons (Fsp3) is 0.143. The summed E-state index contributed by atoms with van der Waals surface area (Å²) in [7, 11) is 0. The van der Waals surface area contributed by atoms with Crippen molar-refractivity contribution < 1.29 is 4.79 Å². The molecular weight excluding hydrogens is 517 g/mol. The van der Waals surface area contributed by atoms with Gasteiger partial charge >= 0.3 is 0 Å². The lowest BCUT2D eigenvalue weighted by molar-refractivity contribution is -0.120. The molecule has 2 aromatic carbocycles. The van der Waals surface area contributed by atoms with Crippen LogP contribution in [0.4, 0.5) is 0 Å². The minimum atomic E-state index is -0.139. The summed E-state index contributed by atoms with van der Waals surface area (Å²) in [5, 5.41) is 4.14. The van der Waals surface area contributed by atoms with E-state index in [0.717, 1.165) is 32.7 Å². The number of amides is 1. The number of carbonyl (C=O) groups excluding carboxylic acids is 1. The molecule has 0 saturated heterocycles. The number of aryl methyl sites for hydroxylation is 1. The molecular formula is C21H19BrIN3O. The minimum absolute atomic E-state index is 0.139. The van der Waals surface area contributed by atoms with Gasteiger partial charge in [-0.3, -0.25) is 4.79 Å². The molecule has 1 N–H and O–H groups in total. The van der Waals surface area contributed by atoms with Crippen LogP contribution in [0.2, 0.25) is 0 Å². The first-order valence-corrected chi connectivity index (χ1v) is 10.3. The number of benzene rings is 2. The molecule has 138 valence electrons. The zero-order chi connectivity index (χ0) is 19.4. The van der Waals surface area contributed by atoms with Crippen molar-refractivity contribution in [3.8, 4) is 5.69 Å². The fourth-order valence-corrected chi connectivity index (χ4v) is 3.82. The van der Waals surface area contributed by atoms with Crippen LogP contribution in [0.3, 0.4) is 0 Å². The summed E-state index contributed by atoms with van der Waals surface area (Å²) in [4.78, 5) is 12.1. The van der Waals surface area contributed by atoms with E-state index in [1.54, 1.807) is 6.21 Å². The quantitative estimate of drug-likeness (QED) is 0.274. The molecule has 1 heterocycles. The number of rotatable bonds is 5. The second-order valence-electron chi connectivity index (χ2n) is 6.21. The number of hydrogen-bond acceptors (Lipinski definition) is 2. The van der Waals surface area contributed by atoms with E-state index in [1.807, 2.05) is 36.4 Å². The molecule has 0 aliphatic heterocycles. The van der Waals surface area contributed by atoms with Gasteiger partial charge in [0.05, 0.1) is 18.3 Å². The molecule has 3 rings (SSSR count). The lowest BCUT2D eigenvalue weighted by Crippen LogP contribution is -2.19. The molecule has 1 amide bonds. The molecule has 0 atom stereocenters. The Balaban J connectivity index is 1.71. The summed E-state index contributed by atoms with van der Waals surface area (Å²) in [6.45, 7) is 4.13. The van der Waals surface area contributed by atoms with Gasteiger partial charge in [0.1, 0.15) is 0 Å². The SMILES string of the molecule is Cc1cc(/C=N/NC(=O)Cc2ccc(Br)cc2)c(C)n1-c1ccccc1I. The number of aromatic nitrogens is 1. The first-order valence-electron chi connectivity index (χ1n) is 8.46. The molecule has 6 heteroatoms. The zero-order valence-corrected chi connectivity index (χ0v) is 18.8. The van der Waals surface area contributed by atoms with Gasteiger partial charge < -0.3 is 4.57 Å². The van der Waals surface area contributed by atoms with Crippen LogP contribution in [-0.2, 0) is 11.2 Å². The van der Waals surface area contributed by atoms with Crippen molar-refractivity contribution in [1.82, 2.24) is 9.99 Å². The molecule has 0 aliphatic rings. The topological polar surface area (TPSA) is 46.4 Å². The second-order valence-corrected chi connectivity index (χ2v) is 8.29. The number of para-hydroxylation sites is 1. The van der Waals surface area contributed by atoms with Crippen LogP contribution in [0, 0.1) is 17.4 Å². The maximum atomic E-state index is 12.1. The third kappa shape index (κ3) is 4.87. The predicted octanol–water partition coefficient (Wildman–Crippen LogP) is 5.15. The Kier molecular flexibility index (Phi) is 6.49. The van der Waals surface area contributed by atoms with Crippen LogP contribution in [0.1, 0.15) is 22.5 Å². The molecule has 3 aromatic rings. The maximum Gasteiger partial charge on any atom is 0.244 e. The van der Waals surface area contributed by atoms with Crippen molar-refractivity contribution in [3.05, 3.63) is 85.2 Å². The number of halogens is 2. The summed E-state index contributed by atoms with van der Waals surface area (Å²) >= 11 is 5.73. The number of nitrogens with zero attached hydrogens (tertiary/aromatic N) is 2. The highest BCUT2D eigenvalue weighted by atomic mass is 127. The van der Waals surface area contributed by atoms with Crippen LogP contribution in [-0.4, -0.2) is 16.7 Å². The summed E-state index contributed by atoms with van der Waals surface area (Å²) in [6, 6.07) is 18.0. The third-order valence-electron chi connectivity index (χ3n) is 4.23.